The summed E-state index contributed by atoms with van der Waals surface area (Å²) in [6, 6.07) is 1.75. The van der Waals surface area contributed by atoms with Gasteiger partial charge in [0.25, 0.3) is 5.91 Å². The highest BCUT2D eigenvalue weighted by atomic mass is 79.9. The van der Waals surface area contributed by atoms with Crippen molar-refractivity contribution < 1.29 is 9.53 Å². The minimum absolute atomic E-state index is 0.0652. The lowest BCUT2D eigenvalue weighted by atomic mass is 10.0. The van der Waals surface area contributed by atoms with Crippen molar-refractivity contribution in [2.75, 3.05) is 7.11 Å². The standard InChI is InChI=1S/C11H16BrNO2S/c1-7(12)11(2,3)13-10(14)9-5-8(15-4)6-16-9/h5-7H,1-4H3,(H,13,14). The van der Waals surface area contributed by atoms with Crippen LogP contribution < -0.4 is 10.1 Å². The highest BCUT2D eigenvalue weighted by Gasteiger charge is 2.26. The largest absolute Gasteiger partial charge is 0.496 e. The molecule has 0 aliphatic heterocycles. The van der Waals surface area contributed by atoms with Gasteiger partial charge in [-0.3, -0.25) is 4.79 Å². The van der Waals surface area contributed by atoms with E-state index in [1.165, 1.54) is 11.3 Å². The first kappa shape index (κ1) is 13.5. The van der Waals surface area contributed by atoms with Gasteiger partial charge < -0.3 is 10.1 Å². The Morgan fingerprint density at radius 2 is 2.25 bits per heavy atom. The molecule has 1 N–H and O–H groups in total. The highest BCUT2D eigenvalue weighted by molar-refractivity contribution is 9.09. The van der Waals surface area contributed by atoms with Gasteiger partial charge in [0.05, 0.1) is 12.0 Å². The van der Waals surface area contributed by atoms with Crippen molar-refractivity contribution in [3.8, 4) is 5.75 Å². The van der Waals surface area contributed by atoms with Gasteiger partial charge in [0, 0.05) is 21.8 Å². The molecule has 0 aliphatic rings. The molecule has 0 aromatic carbocycles. The fraction of sp³-hybridized carbons (Fsp3) is 0.545. The van der Waals surface area contributed by atoms with Crippen LogP contribution in [0.25, 0.3) is 0 Å². The molecule has 0 saturated heterocycles. The number of carbonyl (C=O) groups is 1. The normalized spacial score (nSPS) is 13.3. The van der Waals surface area contributed by atoms with Crippen LogP contribution >= 0.6 is 27.3 Å². The van der Waals surface area contributed by atoms with E-state index in [1.54, 1.807) is 13.2 Å². The number of nitrogens with one attached hydrogen (secondary N) is 1. The smallest absolute Gasteiger partial charge is 0.261 e. The lowest BCUT2D eigenvalue weighted by Gasteiger charge is -2.28. The number of methoxy groups -OCH3 is 1. The molecule has 16 heavy (non-hydrogen) atoms. The van der Waals surface area contributed by atoms with Crippen LogP contribution in [0.15, 0.2) is 11.4 Å². The first-order valence-corrected chi connectivity index (χ1v) is 6.75. The van der Waals surface area contributed by atoms with Crippen molar-refractivity contribution in [1.82, 2.24) is 5.32 Å². The lowest BCUT2D eigenvalue weighted by Crippen LogP contribution is -2.48. The Labute approximate surface area is 108 Å². The van der Waals surface area contributed by atoms with Gasteiger partial charge in [-0.05, 0) is 13.8 Å². The van der Waals surface area contributed by atoms with E-state index in [9.17, 15) is 4.79 Å². The Morgan fingerprint density at radius 1 is 1.62 bits per heavy atom. The summed E-state index contributed by atoms with van der Waals surface area (Å²) in [6.45, 7) is 5.97. The fourth-order valence-corrected chi connectivity index (χ4v) is 1.86. The zero-order valence-corrected chi connectivity index (χ0v) is 12.2. The Bertz CT molecular complexity index is 374. The van der Waals surface area contributed by atoms with Gasteiger partial charge in [-0.2, -0.15) is 0 Å². The maximum atomic E-state index is 11.9. The topological polar surface area (TPSA) is 38.3 Å². The molecule has 1 amide bonds. The lowest BCUT2D eigenvalue weighted by molar-refractivity contribution is 0.0918. The van der Waals surface area contributed by atoms with Crippen LogP contribution in [0.3, 0.4) is 0 Å². The van der Waals surface area contributed by atoms with Crippen LogP contribution in [0.4, 0.5) is 0 Å². The summed E-state index contributed by atoms with van der Waals surface area (Å²) in [4.78, 5) is 12.8. The number of hydrogen-bond acceptors (Lipinski definition) is 3. The van der Waals surface area contributed by atoms with Crippen molar-refractivity contribution in [3.05, 3.63) is 16.3 Å². The summed E-state index contributed by atoms with van der Waals surface area (Å²) >= 11 is 4.86. The van der Waals surface area contributed by atoms with Gasteiger partial charge in [-0.25, -0.2) is 0 Å². The van der Waals surface area contributed by atoms with E-state index < -0.39 is 0 Å². The molecular formula is C11H16BrNO2S. The summed E-state index contributed by atoms with van der Waals surface area (Å²) in [7, 11) is 1.59. The second kappa shape index (κ2) is 5.19. The molecule has 0 fully saturated rings. The van der Waals surface area contributed by atoms with Gasteiger partial charge >= 0.3 is 0 Å². The molecule has 90 valence electrons. The zero-order valence-electron chi connectivity index (χ0n) is 9.83. The van der Waals surface area contributed by atoms with Crippen molar-refractivity contribution >= 4 is 33.2 Å². The van der Waals surface area contributed by atoms with E-state index in [4.69, 9.17) is 4.74 Å². The van der Waals surface area contributed by atoms with Gasteiger partial charge in [-0.1, -0.05) is 22.9 Å². The van der Waals surface area contributed by atoms with Crippen LogP contribution in [-0.4, -0.2) is 23.4 Å². The van der Waals surface area contributed by atoms with Gasteiger partial charge in [0.2, 0.25) is 0 Å². The second-order valence-electron chi connectivity index (χ2n) is 4.14. The summed E-state index contributed by atoms with van der Waals surface area (Å²) in [5.74, 6) is 0.657. The number of thiophene rings is 1. The molecule has 0 radical (unpaired) electrons. The SMILES string of the molecule is COc1csc(C(=O)NC(C)(C)C(C)Br)c1. The molecule has 1 aromatic heterocycles. The predicted molar refractivity (Wildman–Crippen MR) is 70.8 cm³/mol. The number of rotatable bonds is 4. The summed E-state index contributed by atoms with van der Waals surface area (Å²) in [5.41, 5.74) is -0.283. The number of amides is 1. The number of carbonyl (C=O) groups excluding carboxylic acids is 1. The predicted octanol–water partition coefficient (Wildman–Crippen LogP) is 3.05. The van der Waals surface area contributed by atoms with Crippen molar-refractivity contribution in [2.45, 2.75) is 31.1 Å². The number of hydrogen-bond donors (Lipinski definition) is 1. The number of alkyl halides is 1. The molecule has 0 spiro atoms. The van der Waals surface area contributed by atoms with E-state index in [0.717, 1.165) is 5.75 Å². The average Bonchev–Trinajstić information content (AvgIpc) is 2.64. The maximum absolute atomic E-state index is 11.9. The molecule has 5 heteroatoms. The molecule has 1 heterocycles. The van der Waals surface area contributed by atoms with Crippen LogP contribution in [0.5, 0.6) is 5.75 Å². The van der Waals surface area contributed by atoms with E-state index >= 15 is 0 Å². The Hall–Kier alpha value is -0.550. The molecule has 1 unspecified atom stereocenters. The third kappa shape index (κ3) is 3.22. The Morgan fingerprint density at radius 3 is 2.69 bits per heavy atom. The summed E-state index contributed by atoms with van der Waals surface area (Å²) in [6.07, 6.45) is 0. The van der Waals surface area contributed by atoms with Gasteiger partial charge in [0.15, 0.2) is 0 Å². The third-order valence-electron chi connectivity index (χ3n) is 2.47. The van der Waals surface area contributed by atoms with Gasteiger partial charge in [-0.15, -0.1) is 11.3 Å². The van der Waals surface area contributed by atoms with Crippen LogP contribution in [0.2, 0.25) is 0 Å². The molecule has 0 bridgehead atoms. The number of ether oxygens (including phenoxy) is 1. The summed E-state index contributed by atoms with van der Waals surface area (Å²) < 4.78 is 5.04. The third-order valence-corrected chi connectivity index (χ3v) is 4.52. The molecular weight excluding hydrogens is 290 g/mol. The summed E-state index contributed by atoms with van der Waals surface area (Å²) in [5, 5.41) is 4.80. The van der Waals surface area contributed by atoms with E-state index in [2.05, 4.69) is 21.2 Å². The van der Waals surface area contributed by atoms with E-state index in [1.807, 2.05) is 26.2 Å². The van der Waals surface area contributed by atoms with E-state index in [0.29, 0.717) is 4.88 Å². The highest BCUT2D eigenvalue weighted by Crippen LogP contribution is 2.23. The fourth-order valence-electron chi connectivity index (χ4n) is 0.999. The molecule has 1 aromatic rings. The number of halogens is 1. The zero-order chi connectivity index (χ0) is 12.3. The van der Waals surface area contributed by atoms with Crippen molar-refractivity contribution in [2.24, 2.45) is 0 Å². The van der Waals surface area contributed by atoms with E-state index in [-0.39, 0.29) is 16.3 Å². The van der Waals surface area contributed by atoms with Crippen LogP contribution in [0.1, 0.15) is 30.4 Å². The van der Waals surface area contributed by atoms with Crippen molar-refractivity contribution in [3.63, 3.8) is 0 Å². The minimum Gasteiger partial charge on any atom is -0.496 e. The maximum Gasteiger partial charge on any atom is 0.261 e. The molecule has 1 rings (SSSR count). The monoisotopic (exact) mass is 305 g/mol. The average molecular weight is 306 g/mol. The first-order chi connectivity index (χ1) is 7.36. The second-order valence-corrected chi connectivity index (χ2v) is 6.43. The van der Waals surface area contributed by atoms with Crippen LogP contribution in [0, 0.1) is 0 Å². The molecule has 1 atom stereocenters. The molecule has 3 nitrogen and oxygen atoms in total. The Kier molecular flexibility index (Phi) is 4.38. The van der Waals surface area contributed by atoms with Crippen LogP contribution in [-0.2, 0) is 0 Å². The Balaban J connectivity index is 2.72. The van der Waals surface area contributed by atoms with Gasteiger partial charge in [0.1, 0.15) is 5.75 Å². The molecule has 0 aliphatic carbocycles. The first-order valence-electron chi connectivity index (χ1n) is 4.96. The quantitative estimate of drug-likeness (QED) is 0.868. The molecule has 0 saturated carbocycles. The minimum atomic E-state index is -0.283. The van der Waals surface area contributed by atoms with Crippen molar-refractivity contribution in [1.29, 1.82) is 0 Å².